The third kappa shape index (κ3) is 4.01. The normalized spacial score (nSPS) is 14.6. The van der Waals surface area contributed by atoms with E-state index in [0.717, 1.165) is 23.0 Å². The Kier molecular flexibility index (Phi) is 5.33. The number of fused-ring (bicyclic) bond motifs is 1. The fourth-order valence-corrected chi connectivity index (χ4v) is 3.50. The third-order valence-corrected chi connectivity index (χ3v) is 5.32. The van der Waals surface area contributed by atoms with Crippen molar-refractivity contribution in [2.24, 2.45) is 0 Å². The highest BCUT2D eigenvalue weighted by molar-refractivity contribution is 5.78. The molecule has 8 nitrogen and oxygen atoms in total. The van der Waals surface area contributed by atoms with Crippen molar-refractivity contribution in [3.8, 4) is 5.75 Å². The fraction of sp³-hybridized carbons (Fsp3) is 0.429. The van der Waals surface area contributed by atoms with Crippen LogP contribution in [-0.2, 0) is 4.79 Å². The standard InChI is InChI=1S/C21H26N6O2/c1-15(2)17-4-6-18(7-5-17)29-14-19(28)25-10-12-26(13-11-25)20-21-24-23-16(3)27(21)9-8-22-20/h4-9,15H,10-14H2,1-3H3. The number of aryl methyl sites for hydroxylation is 1. The fourth-order valence-electron chi connectivity index (χ4n) is 3.50. The molecule has 3 aromatic rings. The second-order valence-electron chi connectivity index (χ2n) is 7.57. The molecule has 0 N–H and O–H groups in total. The van der Waals surface area contributed by atoms with Crippen molar-refractivity contribution < 1.29 is 9.53 Å². The molecule has 0 aliphatic carbocycles. The van der Waals surface area contributed by atoms with Crippen LogP contribution in [0.25, 0.3) is 5.65 Å². The molecule has 0 atom stereocenters. The van der Waals surface area contributed by atoms with Crippen LogP contribution >= 0.6 is 0 Å². The number of ether oxygens (including phenoxy) is 1. The van der Waals surface area contributed by atoms with E-state index in [9.17, 15) is 4.79 Å². The van der Waals surface area contributed by atoms with Crippen LogP contribution in [0.4, 0.5) is 5.82 Å². The number of carbonyl (C=O) groups excluding carboxylic acids is 1. The minimum atomic E-state index is 0.00192. The molecule has 0 spiro atoms. The lowest BCUT2D eigenvalue weighted by atomic mass is 10.0. The summed E-state index contributed by atoms with van der Waals surface area (Å²) in [7, 11) is 0. The first-order valence-corrected chi connectivity index (χ1v) is 9.95. The number of piperazine rings is 1. The highest BCUT2D eigenvalue weighted by Crippen LogP contribution is 2.20. The molecule has 0 radical (unpaired) electrons. The molecule has 2 aromatic heterocycles. The topological polar surface area (TPSA) is 75.9 Å². The maximum Gasteiger partial charge on any atom is 0.260 e. The lowest BCUT2D eigenvalue weighted by Crippen LogP contribution is -2.50. The lowest BCUT2D eigenvalue weighted by molar-refractivity contribution is -0.133. The number of aromatic nitrogens is 4. The van der Waals surface area contributed by atoms with E-state index in [1.165, 1.54) is 5.56 Å². The molecule has 1 saturated heterocycles. The first-order valence-electron chi connectivity index (χ1n) is 9.95. The van der Waals surface area contributed by atoms with Crippen molar-refractivity contribution in [2.45, 2.75) is 26.7 Å². The first kappa shape index (κ1) is 19.2. The molecule has 1 aromatic carbocycles. The molecule has 8 heteroatoms. The Balaban J connectivity index is 1.32. The van der Waals surface area contributed by atoms with Gasteiger partial charge in [0.15, 0.2) is 12.4 Å². The van der Waals surface area contributed by atoms with Crippen molar-refractivity contribution >= 4 is 17.4 Å². The molecule has 0 bridgehead atoms. The van der Waals surface area contributed by atoms with Crippen molar-refractivity contribution in [1.29, 1.82) is 0 Å². The maximum absolute atomic E-state index is 12.5. The molecule has 1 aliphatic heterocycles. The van der Waals surface area contributed by atoms with Gasteiger partial charge in [0.05, 0.1) is 0 Å². The summed E-state index contributed by atoms with van der Waals surface area (Å²) in [5, 5.41) is 8.36. The maximum atomic E-state index is 12.5. The predicted octanol–water partition coefficient (Wildman–Crippen LogP) is 2.28. The summed E-state index contributed by atoms with van der Waals surface area (Å²) in [6.45, 7) is 8.93. The minimum Gasteiger partial charge on any atom is -0.484 e. The van der Waals surface area contributed by atoms with E-state index in [1.807, 2.05) is 46.7 Å². The Morgan fingerprint density at radius 3 is 2.52 bits per heavy atom. The predicted molar refractivity (Wildman–Crippen MR) is 110 cm³/mol. The smallest absolute Gasteiger partial charge is 0.260 e. The average molecular weight is 394 g/mol. The van der Waals surface area contributed by atoms with E-state index in [2.05, 4.69) is 33.9 Å². The number of anilines is 1. The van der Waals surface area contributed by atoms with Gasteiger partial charge in [0, 0.05) is 38.6 Å². The molecular weight excluding hydrogens is 368 g/mol. The zero-order valence-corrected chi connectivity index (χ0v) is 17.1. The Morgan fingerprint density at radius 2 is 1.83 bits per heavy atom. The molecule has 1 fully saturated rings. The van der Waals surface area contributed by atoms with E-state index >= 15 is 0 Å². The number of carbonyl (C=O) groups is 1. The number of rotatable bonds is 5. The van der Waals surface area contributed by atoms with Gasteiger partial charge in [-0.05, 0) is 30.5 Å². The van der Waals surface area contributed by atoms with Crippen LogP contribution in [0, 0.1) is 6.92 Å². The lowest BCUT2D eigenvalue weighted by Gasteiger charge is -2.35. The Bertz CT molecular complexity index is 990. The van der Waals surface area contributed by atoms with Crippen molar-refractivity contribution in [3.63, 3.8) is 0 Å². The summed E-state index contributed by atoms with van der Waals surface area (Å²) in [5.41, 5.74) is 2.00. The summed E-state index contributed by atoms with van der Waals surface area (Å²) >= 11 is 0. The quantitative estimate of drug-likeness (QED) is 0.661. The van der Waals surface area contributed by atoms with E-state index in [4.69, 9.17) is 4.74 Å². The SMILES string of the molecule is Cc1nnc2c(N3CCN(C(=O)COc4ccc(C(C)C)cc4)CC3)nccn12. The van der Waals surface area contributed by atoms with Crippen LogP contribution < -0.4 is 9.64 Å². The second kappa shape index (κ2) is 8.06. The number of nitrogens with zero attached hydrogens (tertiary/aromatic N) is 6. The summed E-state index contributed by atoms with van der Waals surface area (Å²) in [6, 6.07) is 7.94. The van der Waals surface area contributed by atoms with Gasteiger partial charge in [0.25, 0.3) is 5.91 Å². The highest BCUT2D eigenvalue weighted by atomic mass is 16.5. The molecule has 3 heterocycles. The molecule has 152 valence electrons. The molecule has 4 rings (SSSR count). The Hall–Kier alpha value is -3.16. The molecular formula is C21H26N6O2. The van der Waals surface area contributed by atoms with Crippen LogP contribution in [0.2, 0.25) is 0 Å². The van der Waals surface area contributed by atoms with Crippen LogP contribution in [0.1, 0.15) is 31.2 Å². The number of amides is 1. The number of hydrogen-bond acceptors (Lipinski definition) is 6. The van der Waals surface area contributed by atoms with E-state index in [0.29, 0.717) is 32.1 Å². The van der Waals surface area contributed by atoms with E-state index in [1.54, 1.807) is 6.20 Å². The van der Waals surface area contributed by atoms with E-state index in [-0.39, 0.29) is 12.5 Å². The molecule has 0 saturated carbocycles. The van der Waals surface area contributed by atoms with Crippen LogP contribution in [0.5, 0.6) is 5.75 Å². The van der Waals surface area contributed by atoms with Crippen molar-refractivity contribution in [3.05, 3.63) is 48.0 Å². The summed E-state index contributed by atoms with van der Waals surface area (Å²) in [4.78, 5) is 21.0. The first-order chi connectivity index (χ1) is 14.0. The Labute approximate surface area is 170 Å². The van der Waals surface area contributed by atoms with Gasteiger partial charge in [-0.3, -0.25) is 9.20 Å². The van der Waals surface area contributed by atoms with Gasteiger partial charge in [0.1, 0.15) is 11.6 Å². The van der Waals surface area contributed by atoms with Gasteiger partial charge in [-0.2, -0.15) is 0 Å². The van der Waals surface area contributed by atoms with Gasteiger partial charge in [-0.1, -0.05) is 26.0 Å². The van der Waals surface area contributed by atoms with Gasteiger partial charge in [-0.15, -0.1) is 10.2 Å². The molecule has 29 heavy (non-hydrogen) atoms. The molecule has 0 unspecified atom stereocenters. The van der Waals surface area contributed by atoms with Crippen molar-refractivity contribution in [1.82, 2.24) is 24.5 Å². The summed E-state index contributed by atoms with van der Waals surface area (Å²) < 4.78 is 7.62. The largest absolute Gasteiger partial charge is 0.484 e. The van der Waals surface area contributed by atoms with Crippen LogP contribution in [0.3, 0.4) is 0 Å². The molecule has 1 aliphatic rings. The number of benzene rings is 1. The van der Waals surface area contributed by atoms with Crippen LogP contribution in [-0.4, -0.2) is 63.2 Å². The summed E-state index contributed by atoms with van der Waals surface area (Å²) in [5.74, 6) is 2.84. The average Bonchev–Trinajstić information content (AvgIpc) is 3.13. The summed E-state index contributed by atoms with van der Waals surface area (Å²) in [6.07, 6.45) is 3.62. The van der Waals surface area contributed by atoms with Gasteiger partial charge < -0.3 is 14.5 Å². The Morgan fingerprint density at radius 1 is 1.10 bits per heavy atom. The minimum absolute atomic E-state index is 0.00192. The van der Waals surface area contributed by atoms with Gasteiger partial charge >= 0.3 is 0 Å². The molecule has 1 amide bonds. The zero-order valence-electron chi connectivity index (χ0n) is 17.1. The van der Waals surface area contributed by atoms with Gasteiger partial charge in [0.2, 0.25) is 5.65 Å². The van der Waals surface area contributed by atoms with Gasteiger partial charge in [-0.25, -0.2) is 4.98 Å². The zero-order chi connectivity index (χ0) is 20.4. The monoisotopic (exact) mass is 394 g/mol. The highest BCUT2D eigenvalue weighted by Gasteiger charge is 2.24. The third-order valence-electron chi connectivity index (χ3n) is 5.32. The van der Waals surface area contributed by atoms with Crippen molar-refractivity contribution in [2.75, 3.05) is 37.7 Å². The van der Waals surface area contributed by atoms with E-state index < -0.39 is 0 Å². The second-order valence-corrected chi connectivity index (χ2v) is 7.57. The number of hydrogen-bond donors (Lipinski definition) is 0. The van der Waals surface area contributed by atoms with Crippen LogP contribution in [0.15, 0.2) is 36.7 Å².